The van der Waals surface area contributed by atoms with E-state index in [9.17, 15) is 18.8 Å². The van der Waals surface area contributed by atoms with E-state index in [1.54, 1.807) is 0 Å². The number of primary amides is 1. The number of hydrogen-bond donors (Lipinski definition) is 2. The molecule has 0 saturated heterocycles. The Morgan fingerprint density at radius 2 is 2.11 bits per heavy atom. The normalized spacial score (nSPS) is 11.5. The standard InChI is InChI=1S/C12H13FN2O4/c1-7(11(14)17)19-10(16)6-15-12(18)8-3-2-4-9(13)5-8/h2-5,7H,6H2,1H3,(H2,14,17)(H,15,18)/t7-/m1/s1. The quantitative estimate of drug-likeness (QED) is 0.733. The summed E-state index contributed by atoms with van der Waals surface area (Å²) in [6, 6.07) is 5.00. The zero-order valence-corrected chi connectivity index (χ0v) is 10.2. The Labute approximate surface area is 108 Å². The van der Waals surface area contributed by atoms with Gasteiger partial charge in [-0.1, -0.05) is 6.07 Å². The summed E-state index contributed by atoms with van der Waals surface area (Å²) in [4.78, 5) is 33.4. The van der Waals surface area contributed by atoms with Crippen molar-refractivity contribution in [2.75, 3.05) is 6.54 Å². The number of nitrogens with one attached hydrogen (secondary N) is 1. The van der Waals surface area contributed by atoms with Crippen LogP contribution >= 0.6 is 0 Å². The number of hydrogen-bond acceptors (Lipinski definition) is 4. The molecule has 0 aromatic heterocycles. The fourth-order valence-corrected chi connectivity index (χ4v) is 1.18. The average molecular weight is 268 g/mol. The van der Waals surface area contributed by atoms with Gasteiger partial charge in [-0.2, -0.15) is 0 Å². The highest BCUT2D eigenvalue weighted by Crippen LogP contribution is 2.02. The van der Waals surface area contributed by atoms with Crippen molar-refractivity contribution in [3.05, 3.63) is 35.6 Å². The van der Waals surface area contributed by atoms with Crippen molar-refractivity contribution in [2.45, 2.75) is 13.0 Å². The van der Waals surface area contributed by atoms with E-state index >= 15 is 0 Å². The van der Waals surface area contributed by atoms with Crippen LogP contribution in [0.2, 0.25) is 0 Å². The molecule has 1 aromatic rings. The molecule has 7 heteroatoms. The third-order valence-electron chi connectivity index (χ3n) is 2.19. The van der Waals surface area contributed by atoms with Gasteiger partial charge in [0.1, 0.15) is 12.4 Å². The number of nitrogens with two attached hydrogens (primary N) is 1. The largest absolute Gasteiger partial charge is 0.451 e. The third kappa shape index (κ3) is 4.74. The second kappa shape index (κ2) is 6.48. The number of carbonyl (C=O) groups is 3. The molecule has 0 heterocycles. The first-order valence-electron chi connectivity index (χ1n) is 5.42. The lowest BCUT2D eigenvalue weighted by Crippen LogP contribution is -2.36. The molecule has 0 aliphatic carbocycles. The summed E-state index contributed by atoms with van der Waals surface area (Å²) in [7, 11) is 0. The predicted molar refractivity (Wildman–Crippen MR) is 63.5 cm³/mol. The van der Waals surface area contributed by atoms with Crippen LogP contribution in [0.3, 0.4) is 0 Å². The summed E-state index contributed by atoms with van der Waals surface area (Å²) in [6.45, 7) is 0.877. The minimum atomic E-state index is -1.07. The van der Waals surface area contributed by atoms with Crippen LogP contribution in [0.5, 0.6) is 0 Å². The van der Waals surface area contributed by atoms with E-state index in [4.69, 9.17) is 5.73 Å². The van der Waals surface area contributed by atoms with Crippen LogP contribution in [0.25, 0.3) is 0 Å². The van der Waals surface area contributed by atoms with E-state index in [1.807, 2.05) is 0 Å². The van der Waals surface area contributed by atoms with Crippen LogP contribution in [-0.4, -0.2) is 30.4 Å². The molecular formula is C12H13FN2O4. The van der Waals surface area contributed by atoms with Gasteiger partial charge in [-0.05, 0) is 25.1 Å². The molecular weight excluding hydrogens is 255 g/mol. The van der Waals surface area contributed by atoms with E-state index in [1.165, 1.54) is 25.1 Å². The Hall–Kier alpha value is -2.44. The molecule has 102 valence electrons. The maximum Gasteiger partial charge on any atom is 0.326 e. The highest BCUT2D eigenvalue weighted by molar-refractivity contribution is 5.96. The van der Waals surface area contributed by atoms with Crippen LogP contribution in [-0.2, 0) is 14.3 Å². The van der Waals surface area contributed by atoms with Crippen molar-refractivity contribution in [1.29, 1.82) is 0 Å². The number of carbonyl (C=O) groups excluding carboxylic acids is 3. The summed E-state index contributed by atoms with van der Waals surface area (Å²) >= 11 is 0. The SMILES string of the molecule is C[C@@H](OC(=O)CNC(=O)c1cccc(F)c1)C(N)=O. The molecule has 0 spiro atoms. The smallest absolute Gasteiger partial charge is 0.326 e. The van der Waals surface area contributed by atoms with Gasteiger partial charge in [0.15, 0.2) is 6.10 Å². The van der Waals surface area contributed by atoms with Crippen molar-refractivity contribution < 1.29 is 23.5 Å². The molecule has 0 aliphatic heterocycles. The van der Waals surface area contributed by atoms with Crippen LogP contribution < -0.4 is 11.1 Å². The van der Waals surface area contributed by atoms with Gasteiger partial charge in [0.05, 0.1) is 0 Å². The van der Waals surface area contributed by atoms with Crippen LogP contribution in [0.1, 0.15) is 17.3 Å². The summed E-state index contributed by atoms with van der Waals surface area (Å²) < 4.78 is 17.5. The molecule has 0 fully saturated rings. The Balaban J connectivity index is 2.46. The predicted octanol–water partition coefficient (Wildman–Crippen LogP) is -0.0275. The first-order valence-corrected chi connectivity index (χ1v) is 5.42. The van der Waals surface area contributed by atoms with Gasteiger partial charge in [-0.3, -0.25) is 14.4 Å². The van der Waals surface area contributed by atoms with Gasteiger partial charge < -0.3 is 15.8 Å². The van der Waals surface area contributed by atoms with Crippen LogP contribution in [0.15, 0.2) is 24.3 Å². The molecule has 2 amide bonds. The lowest BCUT2D eigenvalue weighted by atomic mass is 10.2. The van der Waals surface area contributed by atoms with Crippen molar-refractivity contribution in [3.63, 3.8) is 0 Å². The number of esters is 1. The second-order valence-corrected chi connectivity index (χ2v) is 3.73. The Bertz CT molecular complexity index is 504. The van der Waals surface area contributed by atoms with E-state index < -0.39 is 36.2 Å². The van der Waals surface area contributed by atoms with Gasteiger partial charge in [-0.15, -0.1) is 0 Å². The van der Waals surface area contributed by atoms with Gasteiger partial charge in [0.25, 0.3) is 11.8 Å². The zero-order valence-electron chi connectivity index (χ0n) is 10.2. The average Bonchev–Trinajstić information content (AvgIpc) is 2.35. The molecule has 19 heavy (non-hydrogen) atoms. The highest BCUT2D eigenvalue weighted by atomic mass is 19.1. The summed E-state index contributed by atoms with van der Waals surface area (Å²) in [6.07, 6.45) is -1.07. The first-order chi connectivity index (χ1) is 8.90. The molecule has 1 rings (SSSR count). The zero-order chi connectivity index (χ0) is 14.4. The Morgan fingerprint density at radius 1 is 1.42 bits per heavy atom. The molecule has 0 aliphatic rings. The first kappa shape index (κ1) is 14.6. The lowest BCUT2D eigenvalue weighted by Gasteiger charge is -2.10. The van der Waals surface area contributed by atoms with E-state index in [0.717, 1.165) is 6.07 Å². The summed E-state index contributed by atoms with van der Waals surface area (Å²) in [5.74, 6) is -2.78. The molecule has 1 atom stereocenters. The molecule has 3 N–H and O–H groups in total. The fraction of sp³-hybridized carbons (Fsp3) is 0.250. The molecule has 0 unspecified atom stereocenters. The minimum Gasteiger partial charge on any atom is -0.451 e. The van der Waals surface area contributed by atoms with Gasteiger partial charge in [0.2, 0.25) is 0 Å². The van der Waals surface area contributed by atoms with Crippen molar-refractivity contribution in [3.8, 4) is 0 Å². The summed E-state index contributed by atoms with van der Waals surface area (Å²) in [5, 5.41) is 2.24. The Morgan fingerprint density at radius 3 is 2.68 bits per heavy atom. The third-order valence-corrected chi connectivity index (χ3v) is 2.19. The van der Waals surface area contributed by atoms with E-state index in [0.29, 0.717) is 0 Å². The topological polar surface area (TPSA) is 98.5 Å². The van der Waals surface area contributed by atoms with Gasteiger partial charge >= 0.3 is 5.97 Å². The summed E-state index contributed by atoms with van der Waals surface area (Å²) in [5.41, 5.74) is 4.98. The van der Waals surface area contributed by atoms with Crippen LogP contribution in [0.4, 0.5) is 4.39 Å². The van der Waals surface area contributed by atoms with Gasteiger partial charge in [-0.25, -0.2) is 4.39 Å². The maximum absolute atomic E-state index is 12.9. The van der Waals surface area contributed by atoms with E-state index in [-0.39, 0.29) is 5.56 Å². The highest BCUT2D eigenvalue weighted by Gasteiger charge is 2.15. The molecule has 0 saturated carbocycles. The fourth-order valence-electron chi connectivity index (χ4n) is 1.18. The van der Waals surface area contributed by atoms with Crippen molar-refractivity contribution in [1.82, 2.24) is 5.32 Å². The minimum absolute atomic E-state index is 0.0794. The number of rotatable bonds is 5. The molecule has 0 radical (unpaired) electrons. The lowest BCUT2D eigenvalue weighted by molar-refractivity contribution is -0.152. The second-order valence-electron chi connectivity index (χ2n) is 3.73. The molecule has 1 aromatic carbocycles. The van der Waals surface area contributed by atoms with Crippen molar-refractivity contribution in [2.24, 2.45) is 5.73 Å². The number of ether oxygens (including phenoxy) is 1. The van der Waals surface area contributed by atoms with E-state index in [2.05, 4.69) is 10.1 Å². The monoisotopic (exact) mass is 268 g/mol. The van der Waals surface area contributed by atoms with Crippen LogP contribution in [0, 0.1) is 5.82 Å². The van der Waals surface area contributed by atoms with Crippen molar-refractivity contribution >= 4 is 17.8 Å². The van der Waals surface area contributed by atoms with Gasteiger partial charge in [0, 0.05) is 5.56 Å². The number of benzene rings is 1. The number of amides is 2. The molecule has 0 bridgehead atoms. The maximum atomic E-state index is 12.9. The Kier molecular flexibility index (Phi) is 4.99. The molecule has 6 nitrogen and oxygen atoms in total. The number of halogens is 1.